The van der Waals surface area contributed by atoms with Crippen LogP contribution in [0.5, 0.6) is 0 Å². The maximum Gasteiger partial charge on any atom is 0.250 e. The molecule has 1 heterocycles. The van der Waals surface area contributed by atoms with Crippen molar-refractivity contribution in [2.24, 2.45) is 0 Å². The highest BCUT2D eigenvalue weighted by Crippen LogP contribution is 2.26. The van der Waals surface area contributed by atoms with Gasteiger partial charge in [-0.2, -0.15) is 0 Å². The van der Waals surface area contributed by atoms with Crippen LogP contribution in [0.4, 0.5) is 15.8 Å². The van der Waals surface area contributed by atoms with Crippen LogP contribution in [0.1, 0.15) is 25.3 Å². The van der Waals surface area contributed by atoms with Crippen molar-refractivity contribution >= 4 is 11.4 Å². The third kappa shape index (κ3) is 4.39. The van der Waals surface area contributed by atoms with Gasteiger partial charge in [0.25, 0.3) is 0 Å². The summed E-state index contributed by atoms with van der Waals surface area (Å²) >= 11 is 0. The minimum Gasteiger partial charge on any atom is -0.380 e. The second kappa shape index (κ2) is 9.02. The fourth-order valence-electron chi connectivity index (χ4n) is 4.13. The zero-order chi connectivity index (χ0) is 22.0. The van der Waals surface area contributed by atoms with Gasteiger partial charge in [-0.1, -0.05) is 50.2 Å². The topological polar surface area (TPSA) is 52.6 Å². The molecule has 0 saturated carbocycles. The van der Waals surface area contributed by atoms with Gasteiger partial charge < -0.3 is 10.2 Å². The molecule has 1 N–H and O–H groups in total. The summed E-state index contributed by atoms with van der Waals surface area (Å²) in [4.78, 5) is 28.6. The number of halogens is 1. The largest absolute Gasteiger partial charge is 0.380 e. The first-order chi connectivity index (χ1) is 15.0. The predicted octanol–water partition coefficient (Wildman–Crippen LogP) is 3.45. The molecule has 0 aliphatic carbocycles. The van der Waals surface area contributed by atoms with E-state index in [0.29, 0.717) is 29.4 Å². The summed E-state index contributed by atoms with van der Waals surface area (Å²) in [6, 6.07) is 14.7. The van der Waals surface area contributed by atoms with E-state index in [1.165, 1.54) is 11.6 Å². The molecule has 0 spiro atoms. The number of anilines is 2. The van der Waals surface area contributed by atoms with Crippen LogP contribution < -0.4 is 21.1 Å². The SMILES string of the molecule is CC(C)c1ccc(-c2c(NCCN3CCN(c4ccccc4F)CC3)c(=O)c2=O)cc1. The number of nitrogens with zero attached hydrogens (tertiary/aromatic N) is 2. The summed E-state index contributed by atoms with van der Waals surface area (Å²) in [6.07, 6.45) is 0. The highest BCUT2D eigenvalue weighted by Gasteiger charge is 2.23. The molecule has 0 radical (unpaired) electrons. The van der Waals surface area contributed by atoms with E-state index in [0.717, 1.165) is 38.3 Å². The monoisotopic (exact) mass is 421 g/mol. The first-order valence-corrected chi connectivity index (χ1v) is 10.8. The van der Waals surface area contributed by atoms with Crippen LogP contribution in [0.2, 0.25) is 0 Å². The van der Waals surface area contributed by atoms with E-state index in [2.05, 4.69) is 29.0 Å². The second-order valence-electron chi connectivity index (χ2n) is 8.39. The van der Waals surface area contributed by atoms with Gasteiger partial charge in [0, 0.05) is 39.3 Å². The van der Waals surface area contributed by atoms with Gasteiger partial charge in [-0.25, -0.2) is 4.39 Å². The number of benzene rings is 2. The van der Waals surface area contributed by atoms with Crippen molar-refractivity contribution in [3.63, 3.8) is 0 Å². The van der Waals surface area contributed by atoms with Gasteiger partial charge in [0.15, 0.2) is 0 Å². The van der Waals surface area contributed by atoms with Gasteiger partial charge in [-0.15, -0.1) is 0 Å². The Morgan fingerprint density at radius 2 is 1.61 bits per heavy atom. The Labute approximate surface area is 181 Å². The van der Waals surface area contributed by atoms with Crippen LogP contribution in [0.15, 0.2) is 58.1 Å². The quantitative estimate of drug-likeness (QED) is 0.593. The molecule has 31 heavy (non-hydrogen) atoms. The first kappa shape index (κ1) is 21.2. The third-order valence-electron chi connectivity index (χ3n) is 6.07. The van der Waals surface area contributed by atoms with Crippen LogP contribution in [-0.2, 0) is 0 Å². The molecule has 0 aromatic heterocycles. The Bertz CT molecular complexity index is 1110. The highest BCUT2D eigenvalue weighted by molar-refractivity contribution is 5.81. The van der Waals surface area contributed by atoms with E-state index < -0.39 is 10.9 Å². The van der Waals surface area contributed by atoms with Crippen molar-refractivity contribution in [2.75, 3.05) is 49.5 Å². The van der Waals surface area contributed by atoms with Gasteiger partial charge in [0.05, 0.1) is 16.9 Å². The van der Waals surface area contributed by atoms with E-state index in [1.54, 1.807) is 6.07 Å². The molecule has 0 atom stereocenters. The Morgan fingerprint density at radius 3 is 2.26 bits per heavy atom. The molecule has 5 nitrogen and oxygen atoms in total. The molecular formula is C25H28FN3O2. The van der Waals surface area contributed by atoms with Crippen LogP contribution >= 0.6 is 0 Å². The smallest absolute Gasteiger partial charge is 0.250 e. The molecule has 1 saturated heterocycles. The predicted molar refractivity (Wildman–Crippen MR) is 124 cm³/mol. The lowest BCUT2D eigenvalue weighted by atomic mass is 9.95. The van der Waals surface area contributed by atoms with Crippen LogP contribution in [0.3, 0.4) is 0 Å². The molecule has 3 aromatic rings. The number of para-hydroxylation sites is 1. The molecule has 1 fully saturated rings. The van der Waals surface area contributed by atoms with Gasteiger partial charge >= 0.3 is 0 Å². The Balaban J connectivity index is 1.32. The number of nitrogens with one attached hydrogen (secondary N) is 1. The summed E-state index contributed by atoms with van der Waals surface area (Å²) in [7, 11) is 0. The van der Waals surface area contributed by atoms with Crippen LogP contribution in [0, 0.1) is 5.82 Å². The van der Waals surface area contributed by atoms with E-state index >= 15 is 0 Å². The van der Waals surface area contributed by atoms with E-state index in [4.69, 9.17) is 0 Å². The van der Waals surface area contributed by atoms with Crippen molar-refractivity contribution in [1.29, 1.82) is 0 Å². The summed E-state index contributed by atoms with van der Waals surface area (Å²) < 4.78 is 14.0. The molecule has 1 aliphatic heterocycles. The van der Waals surface area contributed by atoms with Gasteiger partial charge in [0.1, 0.15) is 5.82 Å². The number of hydrogen-bond donors (Lipinski definition) is 1. The normalized spacial score (nSPS) is 15.0. The summed E-state index contributed by atoms with van der Waals surface area (Å²) in [5, 5.41) is 3.18. The maximum absolute atomic E-state index is 14.0. The summed E-state index contributed by atoms with van der Waals surface area (Å²) in [6.45, 7) is 8.75. The average Bonchev–Trinajstić information content (AvgIpc) is 2.79. The van der Waals surface area contributed by atoms with E-state index in [-0.39, 0.29) is 5.82 Å². The van der Waals surface area contributed by atoms with Crippen molar-refractivity contribution in [3.8, 4) is 11.1 Å². The lowest BCUT2D eigenvalue weighted by Gasteiger charge is -2.36. The standard InChI is InChI=1S/C25H28FN3O2/c1-17(2)18-7-9-19(10-8-18)22-23(25(31)24(22)30)27-11-12-28-13-15-29(16-14-28)21-6-4-3-5-20(21)26/h3-10,17,27H,11-16H2,1-2H3. The lowest BCUT2D eigenvalue weighted by molar-refractivity contribution is 0.266. The third-order valence-corrected chi connectivity index (χ3v) is 6.07. The fourth-order valence-corrected chi connectivity index (χ4v) is 4.13. The highest BCUT2D eigenvalue weighted by atomic mass is 19.1. The average molecular weight is 422 g/mol. The first-order valence-electron chi connectivity index (χ1n) is 10.8. The fraction of sp³-hybridized carbons (Fsp3) is 0.360. The minimum absolute atomic E-state index is 0.188. The zero-order valence-electron chi connectivity index (χ0n) is 18.0. The van der Waals surface area contributed by atoms with Crippen molar-refractivity contribution < 1.29 is 4.39 Å². The molecule has 6 heteroatoms. The van der Waals surface area contributed by atoms with E-state index in [9.17, 15) is 14.0 Å². The molecule has 0 bridgehead atoms. The zero-order valence-corrected chi connectivity index (χ0v) is 18.0. The molecule has 162 valence electrons. The minimum atomic E-state index is -0.438. The Morgan fingerprint density at radius 1 is 0.935 bits per heavy atom. The number of rotatable bonds is 7. The lowest BCUT2D eigenvalue weighted by Crippen LogP contribution is -2.48. The van der Waals surface area contributed by atoms with Crippen LogP contribution in [-0.4, -0.2) is 44.2 Å². The summed E-state index contributed by atoms with van der Waals surface area (Å²) in [5.74, 6) is 0.227. The molecular weight excluding hydrogens is 393 g/mol. The summed E-state index contributed by atoms with van der Waals surface area (Å²) in [5.41, 5.74) is 2.70. The molecule has 1 aliphatic rings. The molecule has 4 rings (SSSR count). The second-order valence-corrected chi connectivity index (χ2v) is 8.39. The molecule has 3 aromatic carbocycles. The number of hydrogen-bond acceptors (Lipinski definition) is 5. The van der Waals surface area contributed by atoms with Crippen molar-refractivity contribution in [1.82, 2.24) is 4.90 Å². The van der Waals surface area contributed by atoms with Gasteiger partial charge in [-0.05, 0) is 29.2 Å². The van der Waals surface area contributed by atoms with Crippen molar-refractivity contribution in [2.45, 2.75) is 19.8 Å². The van der Waals surface area contributed by atoms with E-state index in [1.807, 2.05) is 36.4 Å². The van der Waals surface area contributed by atoms with Crippen molar-refractivity contribution in [3.05, 3.63) is 80.4 Å². The van der Waals surface area contributed by atoms with Gasteiger partial charge in [0.2, 0.25) is 10.9 Å². The van der Waals surface area contributed by atoms with Gasteiger partial charge in [-0.3, -0.25) is 14.5 Å². The van der Waals surface area contributed by atoms with Crippen LogP contribution in [0.25, 0.3) is 11.1 Å². The maximum atomic E-state index is 14.0. The molecule has 0 amide bonds. The number of piperazine rings is 1. The molecule has 0 unspecified atom stereocenters. The Hall–Kier alpha value is -2.99. The Kier molecular flexibility index (Phi) is 6.18.